The van der Waals surface area contributed by atoms with Gasteiger partial charge in [0, 0.05) is 13.1 Å². The Bertz CT molecular complexity index is 1460. The molecule has 0 saturated carbocycles. The quantitative estimate of drug-likeness (QED) is 0.437. The normalized spacial score (nSPS) is 16.1. The van der Waals surface area contributed by atoms with Crippen molar-refractivity contribution in [3.8, 4) is 0 Å². The van der Waals surface area contributed by atoms with Crippen molar-refractivity contribution in [1.29, 1.82) is 0 Å². The molecule has 5 rings (SSSR count). The standard InChI is InChI=1S/C22H20F3N7O3/c1-12(18-26-15-5-3-2-4-14(15)19(33)27-18)35-20(34)13-8-10-31(11-9-13)17-7-6-16-28-29-21(22(23,24)25)32(16)30-17/h2-7,12-13H,8-11H2,1H3,(H,26,27,33). The summed E-state index contributed by atoms with van der Waals surface area (Å²) in [5.74, 6) is -1.42. The molecule has 1 aliphatic rings. The van der Waals surface area contributed by atoms with E-state index in [4.69, 9.17) is 4.74 Å². The molecule has 0 spiro atoms. The zero-order valence-electron chi connectivity index (χ0n) is 18.5. The summed E-state index contributed by atoms with van der Waals surface area (Å²) in [5.41, 5.74) is 0.190. The van der Waals surface area contributed by atoms with Gasteiger partial charge in [-0.25, -0.2) is 4.98 Å². The largest absolute Gasteiger partial charge is 0.454 e. The number of anilines is 1. The molecule has 1 aromatic carbocycles. The number of aromatic amines is 1. The highest BCUT2D eigenvalue weighted by atomic mass is 19.4. The highest BCUT2D eigenvalue weighted by molar-refractivity contribution is 5.77. The van der Waals surface area contributed by atoms with Gasteiger partial charge in [-0.1, -0.05) is 12.1 Å². The van der Waals surface area contributed by atoms with E-state index in [0.29, 0.717) is 47.2 Å². The minimum atomic E-state index is -4.68. The number of nitrogens with zero attached hydrogens (tertiary/aromatic N) is 6. The van der Waals surface area contributed by atoms with Gasteiger partial charge in [-0.15, -0.1) is 15.3 Å². The van der Waals surface area contributed by atoms with E-state index < -0.39 is 30.0 Å². The number of carbonyl (C=O) groups is 1. The van der Waals surface area contributed by atoms with Gasteiger partial charge in [0.2, 0.25) is 0 Å². The highest BCUT2D eigenvalue weighted by Crippen LogP contribution is 2.29. The van der Waals surface area contributed by atoms with Crippen LogP contribution >= 0.6 is 0 Å². The Labute approximate surface area is 195 Å². The van der Waals surface area contributed by atoms with Crippen molar-refractivity contribution in [1.82, 2.24) is 29.8 Å². The molecule has 0 bridgehead atoms. The first-order chi connectivity index (χ1) is 16.7. The molecule has 1 N–H and O–H groups in total. The topological polar surface area (TPSA) is 118 Å². The second-order valence-electron chi connectivity index (χ2n) is 8.29. The van der Waals surface area contributed by atoms with Gasteiger partial charge in [0.15, 0.2) is 17.6 Å². The van der Waals surface area contributed by atoms with Crippen LogP contribution in [-0.4, -0.2) is 48.8 Å². The maximum absolute atomic E-state index is 13.1. The van der Waals surface area contributed by atoms with Crippen LogP contribution in [0.2, 0.25) is 0 Å². The zero-order valence-corrected chi connectivity index (χ0v) is 18.5. The lowest BCUT2D eigenvalue weighted by molar-refractivity contribution is -0.154. The van der Waals surface area contributed by atoms with Gasteiger partial charge >= 0.3 is 12.1 Å². The van der Waals surface area contributed by atoms with E-state index in [2.05, 4.69) is 25.3 Å². The van der Waals surface area contributed by atoms with Crippen molar-refractivity contribution in [2.75, 3.05) is 18.0 Å². The van der Waals surface area contributed by atoms with Crippen molar-refractivity contribution in [3.63, 3.8) is 0 Å². The first-order valence-corrected chi connectivity index (χ1v) is 10.9. The number of benzene rings is 1. The van der Waals surface area contributed by atoms with Crippen LogP contribution < -0.4 is 10.5 Å². The van der Waals surface area contributed by atoms with Crippen molar-refractivity contribution < 1.29 is 22.7 Å². The summed E-state index contributed by atoms with van der Waals surface area (Å²) < 4.78 is 45.7. The molecule has 1 fully saturated rings. The summed E-state index contributed by atoms with van der Waals surface area (Å²) >= 11 is 0. The number of ether oxygens (including phenoxy) is 1. The van der Waals surface area contributed by atoms with Crippen LogP contribution in [0.4, 0.5) is 19.0 Å². The Hall–Kier alpha value is -4.03. The van der Waals surface area contributed by atoms with Gasteiger partial charge in [0.25, 0.3) is 11.4 Å². The lowest BCUT2D eigenvalue weighted by Gasteiger charge is -2.32. The minimum Gasteiger partial charge on any atom is -0.454 e. The van der Waals surface area contributed by atoms with Crippen molar-refractivity contribution in [2.45, 2.75) is 32.0 Å². The Morgan fingerprint density at radius 3 is 2.63 bits per heavy atom. The van der Waals surface area contributed by atoms with Crippen molar-refractivity contribution >= 4 is 28.3 Å². The average molecular weight is 487 g/mol. The molecule has 0 amide bonds. The van der Waals surface area contributed by atoms with Gasteiger partial charge in [0.05, 0.1) is 16.8 Å². The number of fused-ring (bicyclic) bond motifs is 2. The molecule has 13 heteroatoms. The molecule has 1 unspecified atom stereocenters. The number of H-pyrrole nitrogens is 1. The predicted molar refractivity (Wildman–Crippen MR) is 118 cm³/mol. The lowest BCUT2D eigenvalue weighted by atomic mass is 9.97. The lowest BCUT2D eigenvalue weighted by Crippen LogP contribution is -2.38. The molecule has 3 aromatic heterocycles. The fourth-order valence-corrected chi connectivity index (χ4v) is 4.09. The molecule has 35 heavy (non-hydrogen) atoms. The van der Waals surface area contributed by atoms with Crippen molar-refractivity contribution in [3.05, 3.63) is 58.4 Å². The summed E-state index contributed by atoms with van der Waals surface area (Å²) in [4.78, 5) is 33.9. The van der Waals surface area contributed by atoms with Gasteiger partial charge < -0.3 is 14.6 Å². The SMILES string of the molecule is CC(OC(=O)C1CCN(c2ccc3nnc(C(F)(F)F)n3n2)CC1)c1nc2ccccc2c(=O)[nH]1. The van der Waals surface area contributed by atoms with Crippen LogP contribution in [0.15, 0.2) is 41.2 Å². The molecular weight excluding hydrogens is 467 g/mol. The molecule has 0 aliphatic carbocycles. The van der Waals surface area contributed by atoms with E-state index in [1.54, 1.807) is 42.2 Å². The number of rotatable bonds is 4. The second kappa shape index (κ2) is 8.64. The number of carbonyl (C=O) groups excluding carboxylic acids is 1. The number of nitrogens with one attached hydrogen (secondary N) is 1. The molecule has 10 nitrogen and oxygen atoms in total. The highest BCUT2D eigenvalue weighted by Gasteiger charge is 2.38. The van der Waals surface area contributed by atoms with Crippen molar-refractivity contribution in [2.24, 2.45) is 5.92 Å². The summed E-state index contributed by atoms with van der Waals surface area (Å²) in [5, 5.41) is 11.2. The zero-order chi connectivity index (χ0) is 24.7. The monoisotopic (exact) mass is 487 g/mol. The number of esters is 1. The molecule has 1 saturated heterocycles. The molecule has 1 atom stereocenters. The van der Waals surface area contributed by atoms with Crippen LogP contribution in [0.5, 0.6) is 0 Å². The first-order valence-electron chi connectivity index (χ1n) is 10.9. The maximum atomic E-state index is 13.1. The number of halogens is 3. The Morgan fingerprint density at radius 2 is 1.89 bits per heavy atom. The molecule has 4 heterocycles. The van der Waals surface area contributed by atoms with E-state index in [-0.39, 0.29) is 17.0 Å². The molecule has 4 aromatic rings. The van der Waals surface area contributed by atoms with E-state index in [9.17, 15) is 22.8 Å². The van der Waals surface area contributed by atoms with Crippen LogP contribution in [0.3, 0.4) is 0 Å². The summed E-state index contributed by atoms with van der Waals surface area (Å²) in [6, 6.07) is 9.87. The van der Waals surface area contributed by atoms with Crippen LogP contribution in [0.1, 0.15) is 37.5 Å². The van der Waals surface area contributed by atoms with Gasteiger partial charge in [-0.05, 0) is 44.0 Å². The molecular formula is C22H20F3N7O3. The third kappa shape index (κ3) is 4.40. The Morgan fingerprint density at radius 1 is 1.14 bits per heavy atom. The van der Waals surface area contributed by atoms with Crippen LogP contribution in [0.25, 0.3) is 16.6 Å². The van der Waals surface area contributed by atoms with E-state index in [0.717, 1.165) is 0 Å². The average Bonchev–Trinajstić information content (AvgIpc) is 3.28. The second-order valence-corrected chi connectivity index (χ2v) is 8.29. The summed E-state index contributed by atoms with van der Waals surface area (Å²) in [6.07, 6.45) is -4.57. The van der Waals surface area contributed by atoms with E-state index >= 15 is 0 Å². The number of alkyl halides is 3. The Balaban J connectivity index is 1.24. The number of aromatic nitrogens is 6. The molecule has 182 valence electrons. The van der Waals surface area contributed by atoms with E-state index in [1.165, 1.54) is 6.07 Å². The maximum Gasteiger partial charge on any atom is 0.453 e. The molecule has 1 aliphatic heterocycles. The van der Waals surface area contributed by atoms with Crippen LogP contribution in [0, 0.1) is 5.92 Å². The van der Waals surface area contributed by atoms with E-state index in [1.807, 2.05) is 0 Å². The number of hydrogen-bond acceptors (Lipinski definition) is 8. The van der Waals surface area contributed by atoms with Gasteiger partial charge in [-0.3, -0.25) is 9.59 Å². The number of piperidine rings is 1. The van der Waals surface area contributed by atoms with Crippen LogP contribution in [-0.2, 0) is 15.7 Å². The number of para-hydroxylation sites is 1. The minimum absolute atomic E-state index is 0.00568. The summed E-state index contributed by atoms with van der Waals surface area (Å²) in [7, 11) is 0. The Kier molecular flexibility index (Phi) is 5.61. The summed E-state index contributed by atoms with van der Waals surface area (Å²) in [6.45, 7) is 2.44. The fourth-order valence-electron chi connectivity index (χ4n) is 4.09. The molecule has 0 radical (unpaired) electrons. The van der Waals surface area contributed by atoms with Gasteiger partial charge in [-0.2, -0.15) is 17.7 Å². The first kappa shape index (κ1) is 22.7. The predicted octanol–water partition coefficient (Wildman–Crippen LogP) is 2.90. The van der Waals surface area contributed by atoms with Gasteiger partial charge in [0.1, 0.15) is 5.82 Å². The third-order valence-electron chi connectivity index (χ3n) is 5.96. The number of hydrogen-bond donors (Lipinski definition) is 1. The smallest absolute Gasteiger partial charge is 0.453 e. The fraction of sp³-hybridized carbons (Fsp3) is 0.364. The third-order valence-corrected chi connectivity index (χ3v) is 5.96.